The summed E-state index contributed by atoms with van der Waals surface area (Å²) in [6.07, 6.45) is 0. The Balaban J connectivity index is 1.72. The first kappa shape index (κ1) is 35.6. The van der Waals surface area contributed by atoms with E-state index in [0.29, 0.717) is 11.1 Å². The summed E-state index contributed by atoms with van der Waals surface area (Å²) in [6, 6.07) is 18.9. The average Bonchev–Trinajstić information content (AvgIpc) is 3.04. The number of nitriles is 1. The van der Waals surface area contributed by atoms with E-state index in [9.17, 15) is 33.0 Å². The Morgan fingerprint density at radius 3 is 2.23 bits per heavy atom. The molecule has 2 atom stereocenters. The molecule has 0 aromatic heterocycles. The normalized spacial score (nSPS) is 12.9. The molecule has 2 N–H and O–H groups in total. The molecular weight excluding hydrogens is 675 g/mol. The van der Waals surface area contributed by atoms with Gasteiger partial charge in [-0.15, -0.1) is 4.89 Å². The zero-order valence-electron chi connectivity index (χ0n) is 24.9. The van der Waals surface area contributed by atoms with Crippen molar-refractivity contribution in [3.63, 3.8) is 0 Å². The molecule has 0 spiro atoms. The first-order valence-corrected chi connectivity index (χ1v) is 16.8. The minimum Gasteiger partial charge on any atom is -0.495 e. The van der Waals surface area contributed by atoms with Gasteiger partial charge >= 0.3 is 20.2 Å². The van der Waals surface area contributed by atoms with Crippen LogP contribution < -0.4 is 4.74 Å². The summed E-state index contributed by atoms with van der Waals surface area (Å²) >= 11 is 6.23. The van der Waals surface area contributed by atoms with Crippen LogP contribution in [-0.4, -0.2) is 46.5 Å². The van der Waals surface area contributed by atoms with Crippen LogP contribution in [0.3, 0.4) is 0 Å². The molecule has 0 saturated carbocycles. The molecule has 47 heavy (non-hydrogen) atoms. The number of aliphatic carboxylic acids is 1. The van der Waals surface area contributed by atoms with Crippen molar-refractivity contribution >= 4 is 35.8 Å². The van der Waals surface area contributed by atoms with E-state index in [2.05, 4.69) is 6.07 Å². The van der Waals surface area contributed by atoms with Crippen LogP contribution in [0.25, 0.3) is 11.1 Å². The first-order valence-electron chi connectivity index (χ1n) is 13.8. The number of carbonyl (C=O) groups is 1. The van der Waals surface area contributed by atoms with Crippen LogP contribution in [0.2, 0.25) is 5.02 Å². The molecule has 4 rings (SSSR count). The second-order valence-electron chi connectivity index (χ2n) is 10.3. The van der Waals surface area contributed by atoms with Crippen molar-refractivity contribution in [3.8, 4) is 22.9 Å². The summed E-state index contributed by atoms with van der Waals surface area (Å²) in [7, 11) is -6.74. The molecule has 4 aromatic carbocycles. The van der Waals surface area contributed by atoms with E-state index < -0.39 is 46.8 Å². The van der Waals surface area contributed by atoms with Gasteiger partial charge in [0.1, 0.15) is 10.6 Å². The average molecular weight is 703 g/mol. The van der Waals surface area contributed by atoms with Crippen LogP contribution in [0.5, 0.6) is 5.75 Å². The minimum absolute atomic E-state index is 0.0870. The lowest BCUT2D eigenvalue weighted by atomic mass is 10.0. The molecule has 0 aliphatic heterocycles. The molecule has 0 saturated heterocycles. The van der Waals surface area contributed by atoms with Gasteiger partial charge in [-0.25, -0.2) is 8.42 Å². The highest BCUT2D eigenvalue weighted by molar-refractivity contribution is 7.89. The minimum atomic E-state index is -4.27. The van der Waals surface area contributed by atoms with Crippen LogP contribution in [0, 0.1) is 11.3 Å². The smallest absolute Gasteiger partial charge is 0.495 e. The van der Waals surface area contributed by atoms with Crippen molar-refractivity contribution in [3.05, 3.63) is 118 Å². The van der Waals surface area contributed by atoms with Crippen LogP contribution in [0.1, 0.15) is 29.2 Å². The van der Waals surface area contributed by atoms with Crippen molar-refractivity contribution in [1.29, 1.82) is 5.26 Å². The highest BCUT2D eigenvalue weighted by Crippen LogP contribution is 2.46. The molecule has 0 heterocycles. The molecule has 15 heteroatoms. The van der Waals surface area contributed by atoms with Gasteiger partial charge in [-0.05, 0) is 70.1 Å². The van der Waals surface area contributed by atoms with Crippen molar-refractivity contribution in [2.75, 3.05) is 7.11 Å². The van der Waals surface area contributed by atoms with Crippen molar-refractivity contribution < 1.29 is 41.3 Å². The lowest BCUT2D eigenvalue weighted by Gasteiger charge is -2.26. The molecular formula is C32H28ClF2N3O7PS+. The van der Waals surface area contributed by atoms with E-state index >= 15 is 8.78 Å². The standard InChI is InChI=1S/C32H27ClF2N3O7PS/c1-21(31(39)40)38(46(41)42)32(34,35)27-15-12-24(17-28(27)33)20-37(47(43,44)30-9-4-3-8-29(30)45-2)19-22-10-13-25(14-11-22)26-7-5-6-23(16-26)18-36/h3-17,21H,19-20H2,1-2H3,(H-,39,40,41,42)/p+1/t21-/m0/s1. The Kier molecular flexibility index (Phi) is 11.1. The number of methoxy groups -OCH3 is 1. The fourth-order valence-electron chi connectivity index (χ4n) is 4.80. The maximum Gasteiger partial charge on any atom is 0.620 e. The van der Waals surface area contributed by atoms with E-state index in [1.807, 2.05) is 6.07 Å². The lowest BCUT2D eigenvalue weighted by molar-refractivity contribution is -0.160. The van der Waals surface area contributed by atoms with Gasteiger partial charge < -0.3 is 9.84 Å². The highest BCUT2D eigenvalue weighted by atomic mass is 35.5. The maximum atomic E-state index is 15.4. The van der Waals surface area contributed by atoms with Crippen molar-refractivity contribution in [2.45, 2.75) is 37.0 Å². The van der Waals surface area contributed by atoms with E-state index in [1.165, 1.54) is 31.4 Å². The lowest BCUT2D eigenvalue weighted by Crippen LogP contribution is -2.44. The van der Waals surface area contributed by atoms with Gasteiger partial charge in [0.25, 0.3) is 0 Å². The zero-order chi connectivity index (χ0) is 34.5. The van der Waals surface area contributed by atoms with Gasteiger partial charge in [0.15, 0.2) is 6.04 Å². The van der Waals surface area contributed by atoms with Crippen molar-refractivity contribution in [2.24, 2.45) is 0 Å². The Morgan fingerprint density at radius 1 is 1.00 bits per heavy atom. The van der Waals surface area contributed by atoms with Gasteiger partial charge in [-0.3, -0.25) is 4.79 Å². The summed E-state index contributed by atoms with van der Waals surface area (Å²) in [5.74, 6) is -1.67. The SMILES string of the molecule is COc1ccccc1S(=O)(=O)N(Cc1ccc(-c2cccc(C#N)c2)cc1)Cc1ccc(C(F)(F)N([C@@H](C)C(=O)O)[P+](=O)O)c(Cl)c1. The molecule has 1 unspecified atom stereocenters. The monoisotopic (exact) mass is 702 g/mol. The number of halogens is 3. The van der Waals surface area contributed by atoms with E-state index in [1.54, 1.807) is 48.5 Å². The molecule has 10 nitrogen and oxygen atoms in total. The summed E-state index contributed by atoms with van der Waals surface area (Å²) in [5, 5.41) is 17.9. The number of hydrogen-bond acceptors (Lipinski definition) is 6. The third-order valence-corrected chi connectivity index (χ3v) is 10.3. The van der Waals surface area contributed by atoms with Gasteiger partial charge in [0.05, 0.1) is 29.3 Å². The predicted molar refractivity (Wildman–Crippen MR) is 170 cm³/mol. The predicted octanol–water partition coefficient (Wildman–Crippen LogP) is 6.75. The van der Waals surface area contributed by atoms with Gasteiger partial charge in [-0.1, -0.05) is 66.2 Å². The van der Waals surface area contributed by atoms with E-state index in [0.717, 1.165) is 34.5 Å². The molecule has 0 amide bonds. The topological polar surface area (TPSA) is 148 Å². The third-order valence-electron chi connectivity index (χ3n) is 7.24. The summed E-state index contributed by atoms with van der Waals surface area (Å²) in [4.78, 5) is 20.8. The number of benzene rings is 4. The zero-order valence-corrected chi connectivity index (χ0v) is 27.4. The molecule has 4 aromatic rings. The van der Waals surface area contributed by atoms with Gasteiger partial charge in [0, 0.05) is 17.8 Å². The number of nitrogens with zero attached hydrogens (tertiary/aromatic N) is 3. The van der Waals surface area contributed by atoms with Gasteiger partial charge in [0.2, 0.25) is 10.0 Å². The molecule has 0 aliphatic carbocycles. The molecule has 0 aliphatic rings. The van der Waals surface area contributed by atoms with Crippen LogP contribution in [-0.2, 0) is 38.5 Å². The van der Waals surface area contributed by atoms with Crippen LogP contribution in [0.15, 0.2) is 95.9 Å². The molecule has 244 valence electrons. The van der Waals surface area contributed by atoms with E-state index in [4.69, 9.17) is 16.3 Å². The number of rotatable bonds is 13. The maximum absolute atomic E-state index is 15.4. The fraction of sp³-hybridized carbons (Fsp3) is 0.188. The highest BCUT2D eigenvalue weighted by Gasteiger charge is 2.56. The number of carboxylic acid groups (broad SMARTS) is 1. The molecule has 0 bridgehead atoms. The van der Waals surface area contributed by atoms with Crippen LogP contribution in [0.4, 0.5) is 8.78 Å². The Morgan fingerprint density at radius 2 is 1.64 bits per heavy atom. The largest absolute Gasteiger partial charge is 0.620 e. The number of alkyl halides is 2. The van der Waals surface area contributed by atoms with Crippen molar-refractivity contribution in [1.82, 2.24) is 8.98 Å². The number of sulfonamides is 1. The number of ether oxygens (including phenoxy) is 1. The third kappa shape index (κ3) is 7.82. The summed E-state index contributed by atoms with van der Waals surface area (Å²) in [5.41, 5.74) is 1.92. The first-order chi connectivity index (χ1) is 22.2. The second kappa shape index (κ2) is 14.6. The number of para-hydroxylation sites is 1. The van der Waals surface area contributed by atoms with E-state index in [-0.39, 0.29) is 34.0 Å². The second-order valence-corrected chi connectivity index (χ2v) is 13.5. The van der Waals surface area contributed by atoms with Gasteiger partial charge in [-0.2, -0.15) is 18.3 Å². The number of carboxylic acids is 1. The summed E-state index contributed by atoms with van der Waals surface area (Å²) < 4.78 is 76.7. The summed E-state index contributed by atoms with van der Waals surface area (Å²) in [6.45, 7) is 0.350. The Bertz CT molecular complexity index is 1960. The Labute approximate surface area is 276 Å². The molecule has 0 fully saturated rings. The Hall–Kier alpha value is -4.28. The number of hydrogen-bond donors (Lipinski definition) is 2. The quantitative estimate of drug-likeness (QED) is 0.114. The molecule has 0 radical (unpaired) electrons. The van der Waals surface area contributed by atoms with Crippen LogP contribution >= 0.6 is 19.8 Å². The fourth-order valence-corrected chi connectivity index (χ4v) is 7.41.